The summed E-state index contributed by atoms with van der Waals surface area (Å²) in [6.45, 7) is 4.07. The fraction of sp³-hybridized carbons (Fsp3) is 0.438. The maximum atomic E-state index is 13.4. The average Bonchev–Trinajstić information content (AvgIpc) is 2.49. The molecule has 7 heteroatoms. The molecule has 0 saturated heterocycles. The van der Waals surface area contributed by atoms with Gasteiger partial charge < -0.3 is 9.67 Å². The number of unbranched alkanes of at least 4 members (excludes halogenated alkanes) is 1. The molecular weight excluding hydrogens is 323 g/mol. The Morgan fingerprint density at radius 1 is 1.43 bits per heavy atom. The van der Waals surface area contributed by atoms with Gasteiger partial charge in [0.05, 0.1) is 11.6 Å². The molecule has 0 aliphatic heterocycles. The van der Waals surface area contributed by atoms with Crippen LogP contribution >= 0.6 is 12.4 Å². The number of pyridine rings is 2. The summed E-state index contributed by atoms with van der Waals surface area (Å²) in [6, 6.07) is 1.08. The zero-order valence-electron chi connectivity index (χ0n) is 13.1. The van der Waals surface area contributed by atoms with Crippen LogP contribution < -0.4 is 5.43 Å². The van der Waals surface area contributed by atoms with Gasteiger partial charge in [-0.2, -0.15) is 0 Å². The van der Waals surface area contributed by atoms with Crippen LogP contribution in [0.3, 0.4) is 0 Å². The molecule has 0 aliphatic rings. The molecule has 2 aromatic rings. The predicted molar refractivity (Wildman–Crippen MR) is 89.0 cm³/mol. The fourth-order valence-electron chi connectivity index (χ4n) is 2.62. The van der Waals surface area contributed by atoms with Crippen molar-refractivity contribution in [1.29, 1.82) is 0 Å². The molecule has 0 fully saturated rings. The molecule has 0 aromatic carbocycles. The van der Waals surface area contributed by atoms with Crippen molar-refractivity contribution in [2.24, 2.45) is 0 Å². The number of carboxylic acids is 1. The Hall–Kier alpha value is -1.95. The molecular formula is C16H20ClFN2O3. The fourth-order valence-corrected chi connectivity index (χ4v) is 2.62. The van der Waals surface area contributed by atoms with Gasteiger partial charge in [-0.3, -0.25) is 4.79 Å². The molecule has 1 unspecified atom stereocenters. The third-order valence-corrected chi connectivity index (χ3v) is 3.82. The number of hydrogen-bond donors (Lipinski definition) is 1. The zero-order chi connectivity index (χ0) is 16.3. The second-order valence-electron chi connectivity index (χ2n) is 5.31. The van der Waals surface area contributed by atoms with E-state index >= 15 is 0 Å². The predicted octanol–water partition coefficient (Wildman–Crippen LogP) is 3.80. The highest BCUT2D eigenvalue weighted by atomic mass is 35.5. The van der Waals surface area contributed by atoms with E-state index in [0.29, 0.717) is 5.65 Å². The highest BCUT2D eigenvalue weighted by Crippen LogP contribution is 2.23. The van der Waals surface area contributed by atoms with E-state index in [2.05, 4.69) is 11.9 Å². The number of carbonyl (C=O) groups is 1. The lowest BCUT2D eigenvalue weighted by atomic mass is 10.1. The van der Waals surface area contributed by atoms with E-state index in [9.17, 15) is 19.1 Å². The van der Waals surface area contributed by atoms with Crippen LogP contribution in [0.4, 0.5) is 4.39 Å². The molecule has 0 aliphatic carbocycles. The Morgan fingerprint density at radius 3 is 2.70 bits per heavy atom. The summed E-state index contributed by atoms with van der Waals surface area (Å²) < 4.78 is 15.1. The quantitative estimate of drug-likeness (QED) is 0.866. The minimum atomic E-state index is -1.31. The van der Waals surface area contributed by atoms with Crippen molar-refractivity contribution in [3.05, 3.63) is 40.1 Å². The Bertz CT molecular complexity index is 761. The first-order valence-corrected chi connectivity index (χ1v) is 7.43. The van der Waals surface area contributed by atoms with Gasteiger partial charge in [-0.25, -0.2) is 14.2 Å². The maximum absolute atomic E-state index is 13.4. The van der Waals surface area contributed by atoms with Gasteiger partial charge in [0.25, 0.3) is 0 Å². The van der Waals surface area contributed by atoms with Crippen molar-refractivity contribution in [3.8, 4) is 0 Å². The van der Waals surface area contributed by atoms with Crippen LogP contribution in [0.1, 0.15) is 55.9 Å². The summed E-state index contributed by atoms with van der Waals surface area (Å²) in [5, 5.41) is 9.23. The molecule has 2 rings (SSSR count). The van der Waals surface area contributed by atoms with E-state index in [4.69, 9.17) is 0 Å². The maximum Gasteiger partial charge on any atom is 0.341 e. The first-order chi connectivity index (χ1) is 10.5. The van der Waals surface area contributed by atoms with Crippen LogP contribution in [0.2, 0.25) is 0 Å². The summed E-state index contributed by atoms with van der Waals surface area (Å²) in [4.78, 5) is 27.5. The van der Waals surface area contributed by atoms with E-state index in [-0.39, 0.29) is 29.4 Å². The van der Waals surface area contributed by atoms with Crippen LogP contribution in [0.5, 0.6) is 0 Å². The number of halogens is 2. The summed E-state index contributed by atoms with van der Waals surface area (Å²) >= 11 is 0. The largest absolute Gasteiger partial charge is 0.477 e. The van der Waals surface area contributed by atoms with E-state index < -0.39 is 17.2 Å². The van der Waals surface area contributed by atoms with Crippen molar-refractivity contribution in [2.75, 3.05) is 0 Å². The molecule has 0 amide bonds. The number of carboxylic acid groups (broad SMARTS) is 1. The topological polar surface area (TPSA) is 72.2 Å². The minimum Gasteiger partial charge on any atom is -0.477 e. The molecule has 1 atom stereocenters. The van der Waals surface area contributed by atoms with Gasteiger partial charge in [-0.05, 0) is 18.9 Å². The van der Waals surface area contributed by atoms with Crippen LogP contribution in [-0.2, 0) is 0 Å². The van der Waals surface area contributed by atoms with Crippen molar-refractivity contribution in [3.63, 3.8) is 0 Å². The monoisotopic (exact) mass is 342 g/mol. The first-order valence-electron chi connectivity index (χ1n) is 7.43. The van der Waals surface area contributed by atoms with Gasteiger partial charge in [0.1, 0.15) is 17.0 Å². The number of nitrogens with zero attached hydrogens (tertiary/aromatic N) is 2. The van der Waals surface area contributed by atoms with Gasteiger partial charge in [0, 0.05) is 12.2 Å². The number of fused-ring (bicyclic) bond motifs is 1. The number of aromatic nitrogens is 2. The smallest absolute Gasteiger partial charge is 0.341 e. The molecule has 2 heterocycles. The van der Waals surface area contributed by atoms with Crippen molar-refractivity contribution >= 4 is 29.4 Å². The Morgan fingerprint density at radius 2 is 2.13 bits per heavy atom. The SMILES string of the molecule is CCCCC(CC)n1cc(C(=O)O)c(=O)c2cc(F)cnc21.Cl. The standard InChI is InChI=1S/C16H19FN2O3.ClH/c1-3-5-6-11(4-2)19-9-13(16(21)22)14(20)12-7-10(17)8-18-15(12)19;/h7-9,11H,3-6H2,1-2H3,(H,21,22);1H. The van der Waals surface area contributed by atoms with E-state index in [1.165, 1.54) is 6.20 Å². The van der Waals surface area contributed by atoms with Gasteiger partial charge >= 0.3 is 5.97 Å². The molecule has 0 spiro atoms. The molecule has 1 N–H and O–H groups in total. The molecule has 0 radical (unpaired) electrons. The van der Waals surface area contributed by atoms with E-state index in [0.717, 1.165) is 37.9 Å². The van der Waals surface area contributed by atoms with Gasteiger partial charge in [-0.1, -0.05) is 26.7 Å². The Kier molecular flexibility index (Phi) is 6.69. The number of rotatable bonds is 6. The summed E-state index contributed by atoms with van der Waals surface area (Å²) in [7, 11) is 0. The Balaban J connectivity index is 0.00000264. The molecule has 0 bridgehead atoms. The summed E-state index contributed by atoms with van der Waals surface area (Å²) in [5.41, 5.74) is -0.717. The van der Waals surface area contributed by atoms with Crippen LogP contribution in [0, 0.1) is 5.82 Å². The van der Waals surface area contributed by atoms with Gasteiger partial charge in [0.15, 0.2) is 0 Å². The molecule has 2 aromatic heterocycles. The lowest BCUT2D eigenvalue weighted by Gasteiger charge is -2.21. The summed E-state index contributed by atoms with van der Waals surface area (Å²) in [5.74, 6) is -1.96. The lowest BCUT2D eigenvalue weighted by molar-refractivity contribution is 0.0694. The van der Waals surface area contributed by atoms with Crippen molar-refractivity contribution in [1.82, 2.24) is 9.55 Å². The van der Waals surface area contributed by atoms with E-state index in [1.807, 2.05) is 6.92 Å². The molecule has 23 heavy (non-hydrogen) atoms. The van der Waals surface area contributed by atoms with Gasteiger partial charge in [0.2, 0.25) is 5.43 Å². The van der Waals surface area contributed by atoms with Crippen LogP contribution in [0.15, 0.2) is 23.3 Å². The van der Waals surface area contributed by atoms with Gasteiger partial charge in [-0.15, -0.1) is 12.4 Å². The normalized spacial score (nSPS) is 12.0. The minimum absolute atomic E-state index is 0. The zero-order valence-corrected chi connectivity index (χ0v) is 13.9. The van der Waals surface area contributed by atoms with Crippen LogP contribution in [-0.4, -0.2) is 20.6 Å². The Labute approximate surface area is 139 Å². The molecule has 5 nitrogen and oxygen atoms in total. The second kappa shape index (κ2) is 8.06. The molecule has 126 valence electrons. The number of aromatic carboxylic acids is 1. The highest BCUT2D eigenvalue weighted by molar-refractivity contribution is 5.91. The lowest BCUT2D eigenvalue weighted by Crippen LogP contribution is -2.22. The van der Waals surface area contributed by atoms with Crippen molar-refractivity contribution in [2.45, 2.75) is 45.6 Å². The number of hydrogen-bond acceptors (Lipinski definition) is 3. The second-order valence-corrected chi connectivity index (χ2v) is 5.31. The highest BCUT2D eigenvalue weighted by Gasteiger charge is 2.19. The average molecular weight is 343 g/mol. The first kappa shape index (κ1) is 19.1. The third-order valence-electron chi connectivity index (χ3n) is 3.82. The van der Waals surface area contributed by atoms with Crippen molar-refractivity contribution < 1.29 is 14.3 Å². The summed E-state index contributed by atoms with van der Waals surface area (Å²) in [6.07, 6.45) is 6.00. The third kappa shape index (κ3) is 3.88. The molecule has 0 saturated carbocycles. The van der Waals surface area contributed by atoms with Crippen LogP contribution in [0.25, 0.3) is 11.0 Å². The van der Waals surface area contributed by atoms with E-state index in [1.54, 1.807) is 4.57 Å².